The minimum atomic E-state index is -0.361. The molecule has 7 heteroatoms. The highest BCUT2D eigenvalue weighted by atomic mass is 32.2. The Kier molecular flexibility index (Phi) is 5.07. The van der Waals surface area contributed by atoms with E-state index in [-0.39, 0.29) is 11.1 Å². The largest absolute Gasteiger partial charge is 0.330 e. The summed E-state index contributed by atoms with van der Waals surface area (Å²) in [5.74, 6) is 1.70. The number of carbonyl (C=O) groups excluding carboxylic acids is 2. The van der Waals surface area contributed by atoms with Crippen molar-refractivity contribution >= 4 is 29.0 Å². The molecule has 1 saturated heterocycles. The van der Waals surface area contributed by atoms with Crippen LogP contribution in [-0.2, 0) is 11.2 Å². The van der Waals surface area contributed by atoms with Crippen LogP contribution in [0.5, 0.6) is 0 Å². The van der Waals surface area contributed by atoms with Crippen molar-refractivity contribution in [1.29, 1.82) is 0 Å². The number of hydrogen-bond donors (Lipinski definition) is 2. The third-order valence-electron chi connectivity index (χ3n) is 4.42. The van der Waals surface area contributed by atoms with E-state index in [4.69, 9.17) is 5.73 Å². The quantitative estimate of drug-likeness (QED) is 0.820. The molecule has 2 heterocycles. The minimum absolute atomic E-state index is 0.341. The zero-order valence-corrected chi connectivity index (χ0v) is 13.6. The van der Waals surface area contributed by atoms with Crippen LogP contribution in [0.2, 0.25) is 0 Å². The van der Waals surface area contributed by atoms with Crippen molar-refractivity contribution in [1.82, 2.24) is 15.3 Å². The Morgan fingerprint density at radius 2 is 2.00 bits per heavy atom. The summed E-state index contributed by atoms with van der Waals surface area (Å²) in [7, 11) is 0. The van der Waals surface area contributed by atoms with E-state index in [0.717, 1.165) is 30.6 Å². The SMILES string of the molecule is NCC1CCC(Cc2nccc(/C=C3\SC(=O)NC3=O)n2)CC1. The summed E-state index contributed by atoms with van der Waals surface area (Å²) in [5.41, 5.74) is 6.39. The molecule has 0 spiro atoms. The molecule has 6 nitrogen and oxygen atoms in total. The predicted molar refractivity (Wildman–Crippen MR) is 89.3 cm³/mol. The van der Waals surface area contributed by atoms with Gasteiger partial charge in [0.1, 0.15) is 5.82 Å². The first kappa shape index (κ1) is 16.1. The number of nitrogens with zero attached hydrogens (tertiary/aromatic N) is 2. The Morgan fingerprint density at radius 1 is 1.26 bits per heavy atom. The average Bonchev–Trinajstić information content (AvgIpc) is 2.86. The fourth-order valence-corrected chi connectivity index (χ4v) is 3.75. The molecule has 1 aromatic heterocycles. The maximum absolute atomic E-state index is 11.6. The van der Waals surface area contributed by atoms with E-state index in [9.17, 15) is 9.59 Å². The molecular weight excluding hydrogens is 312 g/mol. The van der Waals surface area contributed by atoms with Crippen LogP contribution >= 0.6 is 11.8 Å². The van der Waals surface area contributed by atoms with Crippen molar-refractivity contribution in [3.05, 3.63) is 28.7 Å². The van der Waals surface area contributed by atoms with E-state index < -0.39 is 0 Å². The van der Waals surface area contributed by atoms with E-state index in [1.165, 1.54) is 25.7 Å². The molecule has 23 heavy (non-hydrogen) atoms. The molecule has 1 aliphatic carbocycles. The highest BCUT2D eigenvalue weighted by molar-refractivity contribution is 8.18. The molecule has 0 bridgehead atoms. The van der Waals surface area contributed by atoms with Crippen LogP contribution in [0.15, 0.2) is 17.2 Å². The molecule has 1 saturated carbocycles. The maximum atomic E-state index is 11.6. The number of hydrogen-bond acceptors (Lipinski definition) is 6. The van der Waals surface area contributed by atoms with E-state index >= 15 is 0 Å². The normalized spacial score (nSPS) is 26.6. The Labute approximate surface area is 139 Å². The second-order valence-electron chi connectivity index (χ2n) is 6.08. The van der Waals surface area contributed by atoms with Crippen LogP contribution in [-0.4, -0.2) is 27.7 Å². The fourth-order valence-electron chi connectivity index (χ4n) is 3.08. The van der Waals surface area contributed by atoms with Crippen molar-refractivity contribution in [3.8, 4) is 0 Å². The van der Waals surface area contributed by atoms with Gasteiger partial charge in [-0.15, -0.1) is 0 Å². The van der Waals surface area contributed by atoms with Gasteiger partial charge in [0.15, 0.2) is 0 Å². The number of aromatic nitrogens is 2. The van der Waals surface area contributed by atoms with Gasteiger partial charge >= 0.3 is 0 Å². The summed E-state index contributed by atoms with van der Waals surface area (Å²) in [6.45, 7) is 0.782. The van der Waals surface area contributed by atoms with Crippen molar-refractivity contribution < 1.29 is 9.59 Å². The second-order valence-corrected chi connectivity index (χ2v) is 7.09. The number of imide groups is 1. The van der Waals surface area contributed by atoms with Gasteiger partial charge in [0.25, 0.3) is 11.1 Å². The number of thioether (sulfide) groups is 1. The molecule has 2 amide bonds. The van der Waals surface area contributed by atoms with Crippen LogP contribution in [0.4, 0.5) is 4.79 Å². The van der Waals surface area contributed by atoms with Crippen LogP contribution in [0, 0.1) is 11.8 Å². The van der Waals surface area contributed by atoms with Crippen molar-refractivity contribution in [2.75, 3.05) is 6.54 Å². The molecule has 2 aliphatic rings. The lowest BCUT2D eigenvalue weighted by Gasteiger charge is -2.27. The predicted octanol–water partition coefficient (Wildman–Crippen LogP) is 2.11. The van der Waals surface area contributed by atoms with Gasteiger partial charge < -0.3 is 5.73 Å². The Balaban J connectivity index is 1.65. The molecule has 3 N–H and O–H groups in total. The molecule has 3 rings (SSSR count). The lowest BCUT2D eigenvalue weighted by molar-refractivity contribution is -0.115. The summed E-state index contributed by atoms with van der Waals surface area (Å²) in [6, 6.07) is 1.75. The van der Waals surface area contributed by atoms with Gasteiger partial charge in [-0.25, -0.2) is 9.97 Å². The molecule has 0 unspecified atom stereocenters. The van der Waals surface area contributed by atoms with Gasteiger partial charge in [-0.05, 0) is 68.0 Å². The molecule has 2 fully saturated rings. The van der Waals surface area contributed by atoms with Gasteiger partial charge in [0.05, 0.1) is 10.6 Å². The smallest absolute Gasteiger partial charge is 0.290 e. The number of nitrogens with two attached hydrogens (primary N) is 1. The molecule has 1 aliphatic heterocycles. The van der Waals surface area contributed by atoms with Crippen LogP contribution < -0.4 is 11.1 Å². The zero-order valence-electron chi connectivity index (χ0n) is 12.8. The maximum Gasteiger partial charge on any atom is 0.290 e. The van der Waals surface area contributed by atoms with Crippen LogP contribution in [0.3, 0.4) is 0 Å². The van der Waals surface area contributed by atoms with E-state index in [1.54, 1.807) is 18.3 Å². The Bertz CT molecular complexity index is 639. The summed E-state index contributed by atoms with van der Waals surface area (Å²) in [6.07, 6.45) is 8.91. The summed E-state index contributed by atoms with van der Waals surface area (Å²) in [5, 5.41) is 1.90. The van der Waals surface area contributed by atoms with Crippen LogP contribution in [0.1, 0.15) is 37.2 Å². The van der Waals surface area contributed by atoms with Gasteiger partial charge in [0, 0.05) is 12.6 Å². The third-order valence-corrected chi connectivity index (χ3v) is 5.23. The Morgan fingerprint density at radius 3 is 2.65 bits per heavy atom. The fraction of sp³-hybridized carbons (Fsp3) is 0.500. The standard InChI is InChI=1S/C16H20N4O2S/c17-9-11-3-1-10(2-4-11)7-14-18-6-5-12(19-14)8-13-15(21)20-16(22)23-13/h5-6,8,10-11H,1-4,7,9,17H2,(H,20,21,22)/b13-8-. The number of carbonyl (C=O) groups is 2. The van der Waals surface area contributed by atoms with E-state index in [0.29, 0.717) is 22.4 Å². The van der Waals surface area contributed by atoms with Gasteiger partial charge in [-0.2, -0.15) is 0 Å². The molecule has 122 valence electrons. The number of rotatable bonds is 4. The third kappa shape index (κ3) is 4.17. The minimum Gasteiger partial charge on any atom is -0.330 e. The molecule has 0 atom stereocenters. The first-order valence-corrected chi connectivity index (χ1v) is 8.72. The molecule has 0 aromatic carbocycles. The first-order valence-electron chi connectivity index (χ1n) is 7.91. The monoisotopic (exact) mass is 332 g/mol. The molecule has 1 aromatic rings. The van der Waals surface area contributed by atoms with Crippen molar-refractivity contribution in [3.63, 3.8) is 0 Å². The molecular formula is C16H20N4O2S. The number of amides is 2. The lowest BCUT2D eigenvalue weighted by Crippen LogP contribution is -2.22. The van der Waals surface area contributed by atoms with Crippen molar-refractivity contribution in [2.45, 2.75) is 32.1 Å². The Hall–Kier alpha value is -1.73. The average molecular weight is 332 g/mol. The summed E-state index contributed by atoms with van der Waals surface area (Å²) < 4.78 is 0. The highest BCUT2D eigenvalue weighted by Gasteiger charge is 2.25. The van der Waals surface area contributed by atoms with Gasteiger partial charge in [-0.1, -0.05) is 0 Å². The van der Waals surface area contributed by atoms with Gasteiger partial charge in [0.2, 0.25) is 0 Å². The number of nitrogens with one attached hydrogen (secondary N) is 1. The zero-order chi connectivity index (χ0) is 16.2. The first-order chi connectivity index (χ1) is 11.1. The summed E-state index contributed by atoms with van der Waals surface area (Å²) >= 11 is 0.902. The van der Waals surface area contributed by atoms with Crippen molar-refractivity contribution in [2.24, 2.45) is 17.6 Å². The lowest BCUT2D eigenvalue weighted by atomic mass is 9.80. The van der Waals surface area contributed by atoms with Crippen LogP contribution in [0.25, 0.3) is 6.08 Å². The molecule has 0 radical (unpaired) electrons. The summed E-state index contributed by atoms with van der Waals surface area (Å²) in [4.78, 5) is 32.0. The highest BCUT2D eigenvalue weighted by Crippen LogP contribution is 2.30. The second kappa shape index (κ2) is 7.23. The van der Waals surface area contributed by atoms with E-state index in [2.05, 4.69) is 15.3 Å². The van der Waals surface area contributed by atoms with Gasteiger partial charge in [-0.3, -0.25) is 14.9 Å². The van der Waals surface area contributed by atoms with E-state index in [1.807, 2.05) is 0 Å². The topological polar surface area (TPSA) is 98.0 Å².